The Morgan fingerprint density at radius 1 is 1.45 bits per heavy atom. The molecule has 22 heavy (non-hydrogen) atoms. The van der Waals surface area contributed by atoms with Gasteiger partial charge in [0.2, 0.25) is 5.88 Å². The summed E-state index contributed by atoms with van der Waals surface area (Å²) < 4.78 is 5.65. The number of aromatic nitrogens is 1. The first-order valence-electron chi connectivity index (χ1n) is 8.16. The van der Waals surface area contributed by atoms with Gasteiger partial charge in [-0.25, -0.2) is 4.98 Å². The van der Waals surface area contributed by atoms with Gasteiger partial charge in [-0.2, -0.15) is 0 Å². The molecule has 2 rings (SSSR count). The van der Waals surface area contributed by atoms with Crippen molar-refractivity contribution in [3.05, 3.63) is 23.9 Å². The molecule has 1 unspecified atom stereocenters. The fraction of sp³-hybridized carbons (Fsp3) is 0.647. The van der Waals surface area contributed by atoms with Crippen molar-refractivity contribution in [1.29, 1.82) is 0 Å². The maximum absolute atomic E-state index is 12.3. The van der Waals surface area contributed by atoms with Crippen LogP contribution in [-0.4, -0.2) is 34.8 Å². The Bertz CT molecular complexity index is 485. The average Bonchev–Trinajstić information content (AvgIpc) is 2.55. The quantitative estimate of drug-likeness (QED) is 0.847. The van der Waals surface area contributed by atoms with Crippen molar-refractivity contribution in [2.45, 2.75) is 58.1 Å². The van der Waals surface area contributed by atoms with E-state index in [2.05, 4.69) is 10.3 Å². The summed E-state index contributed by atoms with van der Waals surface area (Å²) in [5, 5.41) is 12.2. The molecule has 1 saturated carbocycles. The third kappa shape index (κ3) is 4.70. The van der Waals surface area contributed by atoms with Crippen molar-refractivity contribution in [3.8, 4) is 5.88 Å². The van der Waals surface area contributed by atoms with E-state index in [0.717, 1.165) is 32.1 Å². The third-order valence-electron chi connectivity index (χ3n) is 4.33. The molecule has 1 amide bonds. The highest BCUT2D eigenvalue weighted by Gasteiger charge is 2.22. The van der Waals surface area contributed by atoms with Crippen molar-refractivity contribution in [1.82, 2.24) is 10.3 Å². The second kappa shape index (κ2) is 8.13. The molecule has 2 N–H and O–H groups in total. The Balaban J connectivity index is 1.91. The number of aliphatic hydroxyl groups excluding tert-OH is 1. The summed E-state index contributed by atoms with van der Waals surface area (Å²) in [6, 6.07) is 3.60. The molecular weight excluding hydrogens is 280 g/mol. The molecule has 0 aliphatic heterocycles. The molecule has 1 aliphatic rings. The van der Waals surface area contributed by atoms with Gasteiger partial charge in [0.1, 0.15) is 0 Å². The molecule has 5 nitrogen and oxygen atoms in total. The highest BCUT2D eigenvalue weighted by Crippen LogP contribution is 2.24. The molecule has 1 aliphatic carbocycles. The summed E-state index contributed by atoms with van der Waals surface area (Å²) in [7, 11) is 0. The molecule has 1 fully saturated rings. The Hall–Kier alpha value is -1.62. The van der Waals surface area contributed by atoms with Gasteiger partial charge in [-0.3, -0.25) is 4.79 Å². The second-order valence-corrected chi connectivity index (χ2v) is 6.09. The highest BCUT2D eigenvalue weighted by atomic mass is 16.5. The number of pyridine rings is 1. The number of nitrogens with zero attached hydrogens (tertiary/aromatic N) is 1. The van der Waals surface area contributed by atoms with Gasteiger partial charge in [0, 0.05) is 30.5 Å². The number of aliphatic hydroxyl groups is 1. The van der Waals surface area contributed by atoms with E-state index in [-0.39, 0.29) is 24.7 Å². The van der Waals surface area contributed by atoms with Crippen LogP contribution in [-0.2, 0) is 0 Å². The van der Waals surface area contributed by atoms with E-state index in [4.69, 9.17) is 9.84 Å². The standard InChI is InChI=1S/C17H26N2O3/c1-3-12(2)22-16-10-14(8-9-18-16)17(21)19-15-6-4-13(11-20)5-7-15/h8-10,12-13,15,20H,3-7,11H2,1-2H3,(H,19,21). The molecule has 1 atom stereocenters. The summed E-state index contributed by atoms with van der Waals surface area (Å²) in [6.45, 7) is 4.28. The normalized spacial score (nSPS) is 22.9. The predicted molar refractivity (Wildman–Crippen MR) is 84.9 cm³/mol. The van der Waals surface area contributed by atoms with E-state index in [9.17, 15) is 4.79 Å². The second-order valence-electron chi connectivity index (χ2n) is 6.09. The summed E-state index contributed by atoms with van der Waals surface area (Å²) in [6.07, 6.45) is 6.39. The molecule has 1 aromatic heterocycles. The smallest absolute Gasteiger partial charge is 0.251 e. The minimum absolute atomic E-state index is 0.0798. The Kier molecular flexibility index (Phi) is 6.19. The lowest BCUT2D eigenvalue weighted by Gasteiger charge is -2.28. The number of rotatable bonds is 6. The first kappa shape index (κ1) is 16.7. The first-order valence-corrected chi connectivity index (χ1v) is 8.16. The van der Waals surface area contributed by atoms with Gasteiger partial charge >= 0.3 is 0 Å². The Labute approximate surface area is 132 Å². The minimum Gasteiger partial charge on any atom is -0.475 e. The lowest BCUT2D eigenvalue weighted by atomic mass is 9.86. The summed E-state index contributed by atoms with van der Waals surface area (Å²) >= 11 is 0. The molecule has 5 heteroatoms. The lowest BCUT2D eigenvalue weighted by molar-refractivity contribution is 0.0913. The van der Waals surface area contributed by atoms with Crippen LogP contribution in [0.5, 0.6) is 5.88 Å². The van der Waals surface area contributed by atoms with Gasteiger partial charge in [0.25, 0.3) is 5.91 Å². The van der Waals surface area contributed by atoms with Crippen LogP contribution in [0.15, 0.2) is 18.3 Å². The minimum atomic E-state index is -0.0798. The maximum Gasteiger partial charge on any atom is 0.251 e. The van der Waals surface area contributed by atoms with Gasteiger partial charge in [0.15, 0.2) is 0 Å². The van der Waals surface area contributed by atoms with E-state index in [1.807, 2.05) is 13.8 Å². The van der Waals surface area contributed by atoms with Crippen molar-refractivity contribution in [2.75, 3.05) is 6.61 Å². The van der Waals surface area contributed by atoms with Crippen LogP contribution in [0.4, 0.5) is 0 Å². The largest absolute Gasteiger partial charge is 0.475 e. The topological polar surface area (TPSA) is 71.5 Å². The van der Waals surface area contributed by atoms with Crippen LogP contribution in [0.3, 0.4) is 0 Å². The van der Waals surface area contributed by atoms with Crippen LogP contribution in [0.25, 0.3) is 0 Å². The first-order chi connectivity index (χ1) is 10.6. The number of carbonyl (C=O) groups is 1. The fourth-order valence-electron chi connectivity index (χ4n) is 2.66. The molecule has 0 saturated heterocycles. The van der Waals surface area contributed by atoms with Gasteiger partial charge < -0.3 is 15.2 Å². The van der Waals surface area contributed by atoms with Crippen LogP contribution in [0.2, 0.25) is 0 Å². The molecule has 0 bridgehead atoms. The van der Waals surface area contributed by atoms with E-state index >= 15 is 0 Å². The monoisotopic (exact) mass is 306 g/mol. The fourth-order valence-corrected chi connectivity index (χ4v) is 2.66. The van der Waals surface area contributed by atoms with Crippen LogP contribution in [0, 0.1) is 5.92 Å². The molecule has 0 aromatic carbocycles. The molecular formula is C17H26N2O3. The number of carbonyl (C=O) groups excluding carboxylic acids is 1. The number of ether oxygens (including phenoxy) is 1. The van der Waals surface area contributed by atoms with E-state index < -0.39 is 0 Å². The SMILES string of the molecule is CCC(C)Oc1cc(C(=O)NC2CCC(CO)CC2)ccn1. The van der Waals surface area contributed by atoms with Crippen LogP contribution < -0.4 is 10.1 Å². The maximum atomic E-state index is 12.3. The van der Waals surface area contributed by atoms with E-state index in [1.165, 1.54) is 0 Å². The zero-order valence-corrected chi connectivity index (χ0v) is 13.4. The molecule has 0 radical (unpaired) electrons. The van der Waals surface area contributed by atoms with Gasteiger partial charge in [-0.1, -0.05) is 6.92 Å². The molecule has 0 spiro atoms. The summed E-state index contributed by atoms with van der Waals surface area (Å²) in [5.41, 5.74) is 0.581. The third-order valence-corrected chi connectivity index (χ3v) is 4.33. The summed E-state index contributed by atoms with van der Waals surface area (Å²) in [4.78, 5) is 16.5. The zero-order chi connectivity index (χ0) is 15.9. The lowest BCUT2D eigenvalue weighted by Crippen LogP contribution is -2.38. The Morgan fingerprint density at radius 2 is 2.18 bits per heavy atom. The average molecular weight is 306 g/mol. The predicted octanol–water partition coefficient (Wildman–Crippen LogP) is 2.54. The highest BCUT2D eigenvalue weighted by molar-refractivity contribution is 5.94. The van der Waals surface area contributed by atoms with Gasteiger partial charge in [-0.05, 0) is 51.0 Å². The van der Waals surface area contributed by atoms with Crippen molar-refractivity contribution in [3.63, 3.8) is 0 Å². The molecule has 1 heterocycles. The number of nitrogens with one attached hydrogen (secondary N) is 1. The Morgan fingerprint density at radius 3 is 2.82 bits per heavy atom. The number of hydrogen-bond acceptors (Lipinski definition) is 4. The van der Waals surface area contributed by atoms with Crippen LogP contribution in [0.1, 0.15) is 56.3 Å². The van der Waals surface area contributed by atoms with Crippen molar-refractivity contribution >= 4 is 5.91 Å². The molecule has 122 valence electrons. The van der Waals surface area contributed by atoms with Gasteiger partial charge in [0.05, 0.1) is 6.10 Å². The summed E-state index contributed by atoms with van der Waals surface area (Å²) in [5.74, 6) is 0.805. The van der Waals surface area contributed by atoms with Gasteiger partial charge in [-0.15, -0.1) is 0 Å². The van der Waals surface area contributed by atoms with Crippen molar-refractivity contribution < 1.29 is 14.6 Å². The van der Waals surface area contributed by atoms with E-state index in [0.29, 0.717) is 17.4 Å². The number of hydrogen-bond donors (Lipinski definition) is 2. The van der Waals surface area contributed by atoms with Crippen molar-refractivity contribution in [2.24, 2.45) is 5.92 Å². The zero-order valence-electron chi connectivity index (χ0n) is 13.4. The number of amides is 1. The molecule has 1 aromatic rings. The van der Waals surface area contributed by atoms with E-state index in [1.54, 1.807) is 18.3 Å². The van der Waals surface area contributed by atoms with Crippen LogP contribution >= 0.6 is 0 Å².